The molecule has 0 aliphatic heterocycles. The summed E-state index contributed by atoms with van der Waals surface area (Å²) in [5.74, 6) is -0.284. The number of hydrogen-bond acceptors (Lipinski definition) is 5. The molecule has 0 fully saturated rings. The zero-order valence-electron chi connectivity index (χ0n) is 8.29. The molecule has 0 saturated carbocycles. The van der Waals surface area contributed by atoms with Gasteiger partial charge in [0.2, 0.25) is 0 Å². The highest BCUT2D eigenvalue weighted by Gasteiger charge is 2.07. The Balaban J connectivity index is 2.18. The maximum absolute atomic E-state index is 11.7. The summed E-state index contributed by atoms with van der Waals surface area (Å²) in [5, 5.41) is 9.86. The Bertz CT molecular complexity index is 500. The lowest BCUT2D eigenvalue weighted by atomic mass is 10.2. The lowest BCUT2D eigenvalue weighted by Crippen LogP contribution is -2.13. The fourth-order valence-corrected chi connectivity index (χ4v) is 1.14. The van der Waals surface area contributed by atoms with Crippen molar-refractivity contribution in [3.63, 3.8) is 0 Å². The smallest absolute Gasteiger partial charge is 0.257 e. The van der Waals surface area contributed by atoms with Crippen LogP contribution in [0.5, 0.6) is 0 Å². The van der Waals surface area contributed by atoms with Gasteiger partial charge >= 0.3 is 0 Å². The first-order chi connectivity index (χ1) is 7.77. The van der Waals surface area contributed by atoms with E-state index < -0.39 is 0 Å². The number of carbonyl (C=O) groups is 1. The van der Waals surface area contributed by atoms with E-state index in [2.05, 4.69) is 20.5 Å². The van der Waals surface area contributed by atoms with Gasteiger partial charge in [0.05, 0.1) is 35.5 Å². The molecule has 80 valence electrons. The Morgan fingerprint density at radius 2 is 2.06 bits per heavy atom. The number of nitrogen functional groups attached to an aromatic ring is 1. The lowest BCUT2D eigenvalue weighted by molar-refractivity contribution is 0.102. The van der Waals surface area contributed by atoms with Crippen molar-refractivity contribution in [2.24, 2.45) is 0 Å². The van der Waals surface area contributed by atoms with Gasteiger partial charge in [-0.25, -0.2) is 0 Å². The molecule has 0 saturated heterocycles. The highest BCUT2D eigenvalue weighted by Crippen LogP contribution is 2.15. The normalized spacial score (nSPS) is 9.75. The van der Waals surface area contributed by atoms with E-state index >= 15 is 0 Å². The lowest BCUT2D eigenvalue weighted by Gasteiger charge is -2.06. The van der Waals surface area contributed by atoms with Crippen molar-refractivity contribution in [3.05, 3.63) is 42.5 Å². The van der Waals surface area contributed by atoms with Crippen molar-refractivity contribution in [1.82, 2.24) is 15.2 Å². The molecule has 2 rings (SSSR count). The molecule has 2 aromatic heterocycles. The Morgan fingerprint density at radius 1 is 1.19 bits per heavy atom. The Labute approximate surface area is 91.5 Å². The molecule has 0 atom stereocenters. The summed E-state index contributed by atoms with van der Waals surface area (Å²) in [6.45, 7) is 0. The first-order valence-corrected chi connectivity index (χ1v) is 4.55. The van der Waals surface area contributed by atoms with Crippen molar-refractivity contribution >= 4 is 17.3 Å². The van der Waals surface area contributed by atoms with Crippen LogP contribution in [0.25, 0.3) is 0 Å². The Morgan fingerprint density at radius 3 is 2.75 bits per heavy atom. The van der Waals surface area contributed by atoms with Crippen molar-refractivity contribution in [3.8, 4) is 0 Å². The van der Waals surface area contributed by atoms with Crippen LogP contribution in [0.1, 0.15) is 10.4 Å². The van der Waals surface area contributed by atoms with Gasteiger partial charge in [0.15, 0.2) is 0 Å². The summed E-state index contributed by atoms with van der Waals surface area (Å²) < 4.78 is 0. The van der Waals surface area contributed by atoms with Gasteiger partial charge in [-0.3, -0.25) is 9.78 Å². The summed E-state index contributed by atoms with van der Waals surface area (Å²) in [6.07, 6.45) is 5.86. The number of rotatable bonds is 2. The average molecular weight is 215 g/mol. The predicted octanol–water partition coefficient (Wildman–Crippen LogP) is 0.706. The van der Waals surface area contributed by atoms with Crippen LogP contribution in [0.2, 0.25) is 0 Å². The molecule has 16 heavy (non-hydrogen) atoms. The SMILES string of the molecule is Nc1cnccc1NC(=O)c1ccnnc1. The number of hydrogen-bond donors (Lipinski definition) is 2. The van der Waals surface area contributed by atoms with E-state index in [1.165, 1.54) is 18.6 Å². The molecular weight excluding hydrogens is 206 g/mol. The van der Waals surface area contributed by atoms with E-state index in [0.717, 1.165) is 0 Å². The number of aromatic nitrogens is 3. The second-order valence-corrected chi connectivity index (χ2v) is 3.05. The largest absolute Gasteiger partial charge is 0.396 e. The van der Waals surface area contributed by atoms with Crippen LogP contribution in [0, 0.1) is 0 Å². The molecule has 0 radical (unpaired) electrons. The summed E-state index contributed by atoms with van der Waals surface area (Å²) in [7, 11) is 0. The van der Waals surface area contributed by atoms with Crippen LogP contribution in [-0.2, 0) is 0 Å². The molecule has 0 aliphatic carbocycles. The second-order valence-electron chi connectivity index (χ2n) is 3.05. The molecule has 0 bridgehead atoms. The standard InChI is InChI=1S/C10H9N5O/c11-8-6-12-3-2-9(8)15-10(16)7-1-4-13-14-5-7/h1-6H,11H2,(H,12,15,16). The summed E-state index contributed by atoms with van der Waals surface area (Å²) in [5.41, 5.74) is 7.00. The molecule has 0 aromatic carbocycles. The molecular formula is C10H9N5O. The van der Waals surface area contributed by atoms with Crippen LogP contribution in [-0.4, -0.2) is 21.1 Å². The van der Waals surface area contributed by atoms with Crippen LogP contribution in [0.3, 0.4) is 0 Å². The molecule has 1 amide bonds. The first kappa shape index (κ1) is 10.0. The molecule has 0 aliphatic rings. The molecule has 0 spiro atoms. The van der Waals surface area contributed by atoms with Gasteiger partial charge in [0.25, 0.3) is 5.91 Å². The number of nitrogens with two attached hydrogens (primary N) is 1. The minimum absolute atomic E-state index is 0.284. The Kier molecular flexibility index (Phi) is 2.73. The Hall–Kier alpha value is -2.50. The third-order valence-electron chi connectivity index (χ3n) is 1.95. The van der Waals surface area contributed by atoms with Gasteiger partial charge < -0.3 is 11.1 Å². The highest BCUT2D eigenvalue weighted by atomic mass is 16.1. The summed E-state index contributed by atoms with van der Waals surface area (Å²) in [4.78, 5) is 15.5. The number of pyridine rings is 1. The number of anilines is 2. The van der Waals surface area contributed by atoms with E-state index in [0.29, 0.717) is 16.9 Å². The van der Waals surface area contributed by atoms with Crippen LogP contribution < -0.4 is 11.1 Å². The molecule has 6 heteroatoms. The fourth-order valence-electron chi connectivity index (χ4n) is 1.14. The van der Waals surface area contributed by atoms with Gasteiger partial charge in [-0.05, 0) is 12.1 Å². The quantitative estimate of drug-likeness (QED) is 0.769. The second kappa shape index (κ2) is 4.35. The molecule has 2 heterocycles. The van der Waals surface area contributed by atoms with E-state index in [4.69, 9.17) is 5.73 Å². The zero-order chi connectivity index (χ0) is 11.4. The monoisotopic (exact) mass is 215 g/mol. The molecule has 6 nitrogen and oxygen atoms in total. The molecule has 0 unspecified atom stereocenters. The van der Waals surface area contributed by atoms with E-state index in [-0.39, 0.29) is 5.91 Å². The van der Waals surface area contributed by atoms with Crippen LogP contribution in [0.15, 0.2) is 36.9 Å². The molecule has 3 N–H and O–H groups in total. The van der Waals surface area contributed by atoms with E-state index in [9.17, 15) is 4.79 Å². The van der Waals surface area contributed by atoms with Gasteiger partial charge in [-0.1, -0.05) is 0 Å². The summed E-state index contributed by atoms with van der Waals surface area (Å²) in [6, 6.07) is 3.20. The van der Waals surface area contributed by atoms with Crippen molar-refractivity contribution in [1.29, 1.82) is 0 Å². The third-order valence-corrected chi connectivity index (χ3v) is 1.95. The maximum atomic E-state index is 11.7. The molecule has 2 aromatic rings. The number of amides is 1. The van der Waals surface area contributed by atoms with Crippen molar-refractivity contribution in [2.75, 3.05) is 11.1 Å². The topological polar surface area (TPSA) is 93.8 Å². The van der Waals surface area contributed by atoms with Gasteiger partial charge in [-0.2, -0.15) is 10.2 Å². The number of nitrogens with one attached hydrogen (secondary N) is 1. The predicted molar refractivity (Wildman–Crippen MR) is 58.6 cm³/mol. The average Bonchev–Trinajstić information content (AvgIpc) is 2.33. The first-order valence-electron chi connectivity index (χ1n) is 4.55. The minimum Gasteiger partial charge on any atom is -0.396 e. The van der Waals surface area contributed by atoms with E-state index in [1.54, 1.807) is 18.3 Å². The van der Waals surface area contributed by atoms with Crippen molar-refractivity contribution in [2.45, 2.75) is 0 Å². The third kappa shape index (κ3) is 2.11. The number of carbonyl (C=O) groups excluding carboxylic acids is 1. The maximum Gasteiger partial charge on any atom is 0.257 e. The van der Waals surface area contributed by atoms with Crippen LogP contribution in [0.4, 0.5) is 11.4 Å². The van der Waals surface area contributed by atoms with Crippen molar-refractivity contribution < 1.29 is 4.79 Å². The van der Waals surface area contributed by atoms with Crippen LogP contribution >= 0.6 is 0 Å². The van der Waals surface area contributed by atoms with E-state index in [1.807, 2.05) is 0 Å². The fraction of sp³-hybridized carbons (Fsp3) is 0. The highest BCUT2D eigenvalue weighted by molar-refractivity contribution is 6.05. The van der Waals surface area contributed by atoms with Gasteiger partial charge in [0.1, 0.15) is 0 Å². The summed E-state index contributed by atoms with van der Waals surface area (Å²) >= 11 is 0. The zero-order valence-corrected chi connectivity index (χ0v) is 8.29. The minimum atomic E-state index is -0.284. The van der Waals surface area contributed by atoms with Gasteiger partial charge in [0, 0.05) is 6.20 Å². The van der Waals surface area contributed by atoms with Gasteiger partial charge in [-0.15, -0.1) is 0 Å². The number of nitrogens with zero attached hydrogens (tertiary/aromatic N) is 3.